The molecule has 0 saturated carbocycles. The molecule has 0 fully saturated rings. The van der Waals surface area contributed by atoms with E-state index < -0.39 is 0 Å². The van der Waals surface area contributed by atoms with Gasteiger partial charge in [-0.1, -0.05) is 23.7 Å². The summed E-state index contributed by atoms with van der Waals surface area (Å²) in [6.07, 6.45) is 0.836. The van der Waals surface area contributed by atoms with Crippen LogP contribution in [0.5, 0.6) is 0 Å². The average Bonchev–Trinajstić information content (AvgIpc) is 2.75. The molecule has 0 bridgehead atoms. The molecule has 5 heteroatoms. The maximum Gasteiger partial charge on any atom is 0.0519 e. The molecule has 1 heterocycles. The minimum Gasteiger partial charge on any atom is -0.271 e. The highest BCUT2D eigenvalue weighted by Crippen LogP contribution is 2.29. The van der Waals surface area contributed by atoms with Gasteiger partial charge in [0.05, 0.1) is 6.04 Å². The Morgan fingerprint density at radius 2 is 2.00 bits per heavy atom. The first-order valence-electron chi connectivity index (χ1n) is 5.13. The van der Waals surface area contributed by atoms with E-state index in [0.29, 0.717) is 0 Å². The van der Waals surface area contributed by atoms with Gasteiger partial charge in [-0.15, -0.1) is 0 Å². The summed E-state index contributed by atoms with van der Waals surface area (Å²) in [7, 11) is 0. The highest BCUT2D eigenvalue weighted by molar-refractivity contribution is 9.10. The third-order valence-electron chi connectivity index (χ3n) is 2.57. The monoisotopic (exact) mass is 330 g/mol. The van der Waals surface area contributed by atoms with E-state index in [9.17, 15) is 0 Å². The van der Waals surface area contributed by atoms with Crippen LogP contribution in [-0.4, -0.2) is 0 Å². The predicted molar refractivity (Wildman–Crippen MR) is 77.2 cm³/mol. The van der Waals surface area contributed by atoms with Crippen LogP contribution in [-0.2, 0) is 6.42 Å². The molecule has 17 heavy (non-hydrogen) atoms. The molecule has 0 aliphatic rings. The molecular formula is C12H12BrClN2S. The zero-order chi connectivity index (χ0) is 12.3. The molecule has 90 valence electrons. The van der Waals surface area contributed by atoms with Gasteiger partial charge in [0.2, 0.25) is 0 Å². The van der Waals surface area contributed by atoms with Crippen molar-refractivity contribution in [1.29, 1.82) is 0 Å². The van der Waals surface area contributed by atoms with Gasteiger partial charge in [0.1, 0.15) is 0 Å². The zero-order valence-corrected chi connectivity index (χ0v) is 12.1. The molecule has 1 aromatic heterocycles. The van der Waals surface area contributed by atoms with Gasteiger partial charge in [0, 0.05) is 14.9 Å². The van der Waals surface area contributed by atoms with Gasteiger partial charge < -0.3 is 0 Å². The van der Waals surface area contributed by atoms with E-state index in [-0.39, 0.29) is 6.04 Å². The standard InChI is InChI=1S/C12H12BrClN2S/c13-11-7-17-6-10(11)12(16-15)5-8-1-3-9(14)4-2-8/h1-4,6-7,12,16H,5,15H2. The van der Waals surface area contributed by atoms with Crippen molar-refractivity contribution in [1.82, 2.24) is 5.43 Å². The van der Waals surface area contributed by atoms with Crippen LogP contribution in [0.2, 0.25) is 5.02 Å². The van der Waals surface area contributed by atoms with Crippen molar-refractivity contribution >= 4 is 38.9 Å². The molecule has 2 rings (SSSR count). The molecule has 0 amide bonds. The predicted octanol–water partition coefficient (Wildman–Crippen LogP) is 3.91. The maximum atomic E-state index is 5.86. The highest BCUT2D eigenvalue weighted by Gasteiger charge is 2.14. The number of nitrogens with two attached hydrogens (primary N) is 1. The van der Waals surface area contributed by atoms with Crippen LogP contribution in [0.3, 0.4) is 0 Å². The van der Waals surface area contributed by atoms with Gasteiger partial charge in [0.15, 0.2) is 0 Å². The van der Waals surface area contributed by atoms with Crippen molar-refractivity contribution in [2.24, 2.45) is 5.84 Å². The van der Waals surface area contributed by atoms with Crippen LogP contribution in [0, 0.1) is 0 Å². The van der Waals surface area contributed by atoms with Gasteiger partial charge in [-0.2, -0.15) is 11.3 Å². The lowest BCUT2D eigenvalue weighted by Crippen LogP contribution is -2.29. The SMILES string of the molecule is NNC(Cc1ccc(Cl)cc1)c1cscc1Br. The molecule has 0 aliphatic carbocycles. The molecule has 3 N–H and O–H groups in total. The van der Waals surface area contributed by atoms with Crippen LogP contribution in [0.4, 0.5) is 0 Å². The number of hydrogen-bond acceptors (Lipinski definition) is 3. The number of thiophene rings is 1. The van der Waals surface area contributed by atoms with E-state index >= 15 is 0 Å². The van der Waals surface area contributed by atoms with Crippen molar-refractivity contribution in [2.45, 2.75) is 12.5 Å². The van der Waals surface area contributed by atoms with E-state index in [2.05, 4.69) is 32.1 Å². The first-order valence-corrected chi connectivity index (χ1v) is 7.24. The summed E-state index contributed by atoms with van der Waals surface area (Å²) in [5.74, 6) is 5.62. The van der Waals surface area contributed by atoms with Crippen LogP contribution >= 0.6 is 38.9 Å². The fraction of sp³-hybridized carbons (Fsp3) is 0.167. The zero-order valence-electron chi connectivity index (χ0n) is 8.99. The summed E-state index contributed by atoms with van der Waals surface area (Å²) in [6, 6.07) is 7.94. The quantitative estimate of drug-likeness (QED) is 0.658. The molecule has 0 radical (unpaired) electrons. The first kappa shape index (κ1) is 13.1. The number of benzene rings is 1. The van der Waals surface area contributed by atoms with Crippen LogP contribution in [0.1, 0.15) is 17.2 Å². The summed E-state index contributed by atoms with van der Waals surface area (Å²) >= 11 is 11.0. The number of hydrazine groups is 1. The Hall–Kier alpha value is -0.390. The Morgan fingerprint density at radius 3 is 2.53 bits per heavy atom. The van der Waals surface area contributed by atoms with E-state index in [4.69, 9.17) is 17.4 Å². The van der Waals surface area contributed by atoms with Gasteiger partial charge in [0.25, 0.3) is 0 Å². The molecule has 0 spiro atoms. The van der Waals surface area contributed by atoms with Gasteiger partial charge in [-0.3, -0.25) is 11.3 Å². The normalized spacial score (nSPS) is 12.6. The topological polar surface area (TPSA) is 38.0 Å². The maximum absolute atomic E-state index is 5.86. The fourth-order valence-electron chi connectivity index (χ4n) is 1.65. The molecule has 1 aromatic carbocycles. The lowest BCUT2D eigenvalue weighted by molar-refractivity contribution is 0.552. The number of hydrogen-bond donors (Lipinski definition) is 2. The Kier molecular flexibility index (Phi) is 4.59. The minimum absolute atomic E-state index is 0.108. The van der Waals surface area contributed by atoms with E-state index in [0.717, 1.165) is 15.9 Å². The largest absolute Gasteiger partial charge is 0.271 e. The minimum atomic E-state index is 0.108. The summed E-state index contributed by atoms with van der Waals surface area (Å²) in [5, 5.41) is 4.91. The summed E-state index contributed by atoms with van der Waals surface area (Å²) in [5.41, 5.74) is 5.24. The third kappa shape index (κ3) is 3.30. The molecule has 2 nitrogen and oxygen atoms in total. The second-order valence-corrected chi connectivity index (χ2v) is 5.76. The second kappa shape index (κ2) is 5.98. The fourth-order valence-corrected chi connectivity index (χ4v) is 3.41. The average molecular weight is 332 g/mol. The Labute approximate surface area is 118 Å². The number of halogens is 2. The van der Waals surface area contributed by atoms with Crippen LogP contribution < -0.4 is 11.3 Å². The van der Waals surface area contributed by atoms with Gasteiger partial charge in [-0.05, 0) is 51.0 Å². The Bertz CT molecular complexity index is 484. The van der Waals surface area contributed by atoms with Gasteiger partial charge >= 0.3 is 0 Å². The summed E-state index contributed by atoms with van der Waals surface area (Å²) in [4.78, 5) is 0. The summed E-state index contributed by atoms with van der Waals surface area (Å²) < 4.78 is 1.10. The highest BCUT2D eigenvalue weighted by atomic mass is 79.9. The van der Waals surface area contributed by atoms with Crippen molar-refractivity contribution in [2.75, 3.05) is 0 Å². The van der Waals surface area contributed by atoms with Crippen LogP contribution in [0.15, 0.2) is 39.5 Å². The van der Waals surface area contributed by atoms with Crippen LogP contribution in [0.25, 0.3) is 0 Å². The van der Waals surface area contributed by atoms with Crippen molar-refractivity contribution < 1.29 is 0 Å². The van der Waals surface area contributed by atoms with Crippen molar-refractivity contribution in [3.63, 3.8) is 0 Å². The Morgan fingerprint density at radius 1 is 1.29 bits per heavy atom. The number of rotatable bonds is 4. The number of nitrogens with one attached hydrogen (secondary N) is 1. The molecule has 0 aliphatic heterocycles. The Balaban J connectivity index is 2.16. The lowest BCUT2D eigenvalue weighted by atomic mass is 10.0. The molecule has 1 unspecified atom stereocenters. The molecule has 1 atom stereocenters. The summed E-state index contributed by atoms with van der Waals surface area (Å²) in [6.45, 7) is 0. The first-order chi connectivity index (χ1) is 8.20. The van der Waals surface area contributed by atoms with E-state index in [1.54, 1.807) is 11.3 Å². The second-order valence-electron chi connectivity index (χ2n) is 3.72. The van der Waals surface area contributed by atoms with Crippen molar-refractivity contribution in [3.05, 3.63) is 55.6 Å². The molecular weight excluding hydrogens is 320 g/mol. The molecule has 0 saturated heterocycles. The van der Waals surface area contributed by atoms with E-state index in [1.807, 2.05) is 24.3 Å². The third-order valence-corrected chi connectivity index (χ3v) is 4.58. The lowest BCUT2D eigenvalue weighted by Gasteiger charge is -2.15. The van der Waals surface area contributed by atoms with Crippen molar-refractivity contribution in [3.8, 4) is 0 Å². The smallest absolute Gasteiger partial charge is 0.0519 e. The molecule has 2 aromatic rings. The van der Waals surface area contributed by atoms with E-state index in [1.165, 1.54) is 11.1 Å². The van der Waals surface area contributed by atoms with Gasteiger partial charge in [-0.25, -0.2) is 0 Å².